The van der Waals surface area contributed by atoms with Crippen molar-refractivity contribution < 1.29 is 9.18 Å². The summed E-state index contributed by atoms with van der Waals surface area (Å²) in [5, 5.41) is 5.63. The minimum absolute atomic E-state index is 0.175. The van der Waals surface area contributed by atoms with Gasteiger partial charge in [-0.3, -0.25) is 14.7 Å². The molecule has 2 aromatic heterocycles. The minimum Gasteiger partial charge on any atom is -0.325 e. The van der Waals surface area contributed by atoms with Crippen LogP contribution in [0.3, 0.4) is 0 Å². The van der Waals surface area contributed by atoms with Gasteiger partial charge in [-0.15, -0.1) is 11.8 Å². The van der Waals surface area contributed by atoms with E-state index in [9.17, 15) is 14.0 Å². The zero-order valence-electron chi connectivity index (χ0n) is 15.1. The highest BCUT2D eigenvalue weighted by atomic mass is 32.2. The number of thioether (sulfide) groups is 1. The van der Waals surface area contributed by atoms with Gasteiger partial charge in [-0.2, -0.15) is 9.50 Å². The van der Waals surface area contributed by atoms with Crippen LogP contribution >= 0.6 is 11.8 Å². The minimum atomic E-state index is -0.362. The van der Waals surface area contributed by atoms with Gasteiger partial charge in [0, 0.05) is 23.1 Å². The van der Waals surface area contributed by atoms with E-state index in [4.69, 9.17) is 0 Å². The van der Waals surface area contributed by atoms with Crippen molar-refractivity contribution in [3.8, 4) is 11.4 Å². The summed E-state index contributed by atoms with van der Waals surface area (Å²) >= 11 is 1.32. The molecule has 146 valence electrons. The van der Waals surface area contributed by atoms with Crippen LogP contribution in [0.1, 0.15) is 5.69 Å². The summed E-state index contributed by atoms with van der Waals surface area (Å²) in [4.78, 5) is 33.1. The van der Waals surface area contributed by atoms with Gasteiger partial charge in [-0.25, -0.2) is 9.37 Å². The molecule has 2 N–H and O–H groups in total. The monoisotopic (exact) mass is 409 g/mol. The number of amides is 1. The summed E-state index contributed by atoms with van der Waals surface area (Å²) in [6, 6.07) is 16.4. The van der Waals surface area contributed by atoms with Crippen LogP contribution in [0.15, 0.2) is 65.5 Å². The molecule has 0 aliphatic rings. The third kappa shape index (κ3) is 4.52. The Hall–Kier alpha value is -3.46. The largest absolute Gasteiger partial charge is 0.325 e. The van der Waals surface area contributed by atoms with E-state index in [0.29, 0.717) is 23.0 Å². The van der Waals surface area contributed by atoms with E-state index in [1.54, 1.807) is 0 Å². The Morgan fingerprint density at radius 2 is 1.86 bits per heavy atom. The topological polar surface area (TPSA) is 92.1 Å². The molecule has 7 nitrogen and oxygen atoms in total. The molecule has 2 heterocycles. The van der Waals surface area contributed by atoms with Crippen molar-refractivity contribution in [2.45, 2.75) is 5.75 Å². The molecule has 0 aliphatic carbocycles. The fourth-order valence-electron chi connectivity index (χ4n) is 2.71. The molecule has 1 amide bonds. The van der Waals surface area contributed by atoms with Crippen molar-refractivity contribution in [2.24, 2.45) is 0 Å². The Morgan fingerprint density at radius 3 is 2.62 bits per heavy atom. The summed E-state index contributed by atoms with van der Waals surface area (Å²) in [5.74, 6) is 0.815. The Bertz CT molecular complexity index is 1210. The lowest BCUT2D eigenvalue weighted by Crippen LogP contribution is -2.16. The molecule has 0 bridgehead atoms. The van der Waals surface area contributed by atoms with Gasteiger partial charge >= 0.3 is 0 Å². The molecule has 0 saturated carbocycles. The van der Waals surface area contributed by atoms with Gasteiger partial charge in [0.15, 0.2) is 5.82 Å². The van der Waals surface area contributed by atoms with Crippen molar-refractivity contribution in [3.05, 3.63) is 82.5 Å². The van der Waals surface area contributed by atoms with E-state index in [2.05, 4.69) is 20.4 Å². The van der Waals surface area contributed by atoms with E-state index in [1.165, 1.54) is 46.6 Å². The zero-order valence-corrected chi connectivity index (χ0v) is 15.9. The number of H-pyrrole nitrogens is 1. The predicted molar refractivity (Wildman–Crippen MR) is 110 cm³/mol. The van der Waals surface area contributed by atoms with Crippen LogP contribution in [0.25, 0.3) is 17.2 Å². The Labute approximate surface area is 169 Å². The molecular formula is C20H16FN5O2S. The molecule has 2 aromatic carbocycles. The lowest BCUT2D eigenvalue weighted by molar-refractivity contribution is -0.113. The lowest BCUT2D eigenvalue weighted by Gasteiger charge is -2.05. The number of carbonyl (C=O) groups is 1. The molecule has 0 fully saturated rings. The molecule has 0 atom stereocenters. The molecule has 0 saturated heterocycles. The standard InChI is InChI=1S/C20H16FN5O2S/c21-14-6-8-15(9-7-14)22-17(27)12-29-11-16-10-18(28)26-20(23-16)24-19(25-26)13-4-2-1-3-5-13/h1-10H,11-12H2,(H,22,27)(H,23,24,25). The third-order valence-corrected chi connectivity index (χ3v) is 5.01. The first-order valence-corrected chi connectivity index (χ1v) is 9.91. The molecule has 9 heteroatoms. The van der Waals surface area contributed by atoms with Crippen molar-refractivity contribution in [2.75, 3.05) is 11.1 Å². The Kier molecular flexibility index (Phi) is 5.39. The second kappa shape index (κ2) is 8.27. The van der Waals surface area contributed by atoms with E-state index in [-0.39, 0.29) is 28.8 Å². The number of nitrogens with zero attached hydrogens (tertiary/aromatic N) is 3. The first-order valence-electron chi connectivity index (χ1n) is 8.76. The molecule has 4 aromatic rings. The van der Waals surface area contributed by atoms with Crippen molar-refractivity contribution in [1.82, 2.24) is 19.6 Å². The maximum absolute atomic E-state index is 12.9. The summed E-state index contributed by atoms with van der Waals surface area (Å²) < 4.78 is 14.2. The molecule has 0 radical (unpaired) electrons. The molecule has 0 aliphatic heterocycles. The van der Waals surface area contributed by atoms with Gasteiger partial charge in [-0.05, 0) is 24.3 Å². The number of hydrogen-bond acceptors (Lipinski definition) is 5. The van der Waals surface area contributed by atoms with Crippen molar-refractivity contribution in [3.63, 3.8) is 0 Å². The third-order valence-electron chi connectivity index (χ3n) is 4.04. The van der Waals surface area contributed by atoms with E-state index in [0.717, 1.165) is 5.56 Å². The number of carbonyl (C=O) groups excluding carboxylic acids is 1. The average Bonchev–Trinajstić information content (AvgIpc) is 3.15. The number of aromatic amines is 1. The van der Waals surface area contributed by atoms with E-state index in [1.807, 2.05) is 30.3 Å². The SMILES string of the molecule is O=C(CSCc1cc(=O)n2[nH]c(-c3ccccc3)nc2n1)Nc1ccc(F)cc1. The van der Waals surface area contributed by atoms with Crippen LogP contribution in [-0.4, -0.2) is 31.2 Å². The lowest BCUT2D eigenvalue weighted by atomic mass is 10.2. The summed E-state index contributed by atoms with van der Waals surface area (Å²) in [6.07, 6.45) is 0. The smallest absolute Gasteiger partial charge is 0.274 e. The van der Waals surface area contributed by atoms with Gasteiger partial charge in [0.2, 0.25) is 5.91 Å². The number of anilines is 1. The number of aromatic nitrogens is 4. The van der Waals surface area contributed by atoms with Crippen LogP contribution < -0.4 is 10.9 Å². The highest BCUT2D eigenvalue weighted by Gasteiger charge is 2.10. The molecule has 0 spiro atoms. The number of fused-ring (bicyclic) bond motifs is 1. The summed E-state index contributed by atoms with van der Waals surface area (Å²) in [5.41, 5.74) is 1.65. The number of rotatable bonds is 6. The van der Waals surface area contributed by atoms with Gasteiger partial charge < -0.3 is 5.32 Å². The Morgan fingerprint density at radius 1 is 1.10 bits per heavy atom. The predicted octanol–water partition coefficient (Wildman–Crippen LogP) is 3.10. The highest BCUT2D eigenvalue weighted by molar-refractivity contribution is 7.99. The van der Waals surface area contributed by atoms with Crippen molar-refractivity contribution in [1.29, 1.82) is 0 Å². The first-order chi connectivity index (χ1) is 14.1. The second-order valence-electron chi connectivity index (χ2n) is 6.21. The normalized spacial score (nSPS) is 10.9. The molecular weight excluding hydrogens is 393 g/mol. The Balaban J connectivity index is 1.41. The number of hydrogen-bond donors (Lipinski definition) is 2. The maximum atomic E-state index is 12.9. The molecule has 0 unspecified atom stereocenters. The summed E-state index contributed by atoms with van der Waals surface area (Å²) in [6.45, 7) is 0. The molecule has 29 heavy (non-hydrogen) atoms. The number of halogens is 1. The maximum Gasteiger partial charge on any atom is 0.274 e. The van der Waals surface area contributed by atoms with Crippen LogP contribution in [0.4, 0.5) is 10.1 Å². The van der Waals surface area contributed by atoms with Crippen LogP contribution in [-0.2, 0) is 10.5 Å². The highest BCUT2D eigenvalue weighted by Crippen LogP contribution is 2.15. The van der Waals surface area contributed by atoms with Crippen LogP contribution in [0.5, 0.6) is 0 Å². The van der Waals surface area contributed by atoms with Gasteiger partial charge in [0.1, 0.15) is 5.82 Å². The van der Waals surface area contributed by atoms with Crippen LogP contribution in [0, 0.1) is 5.82 Å². The van der Waals surface area contributed by atoms with E-state index >= 15 is 0 Å². The number of benzene rings is 2. The first kappa shape index (κ1) is 18.9. The van der Waals surface area contributed by atoms with Gasteiger partial charge in [-0.1, -0.05) is 30.3 Å². The number of nitrogens with one attached hydrogen (secondary N) is 2. The average molecular weight is 409 g/mol. The molecule has 4 rings (SSSR count). The van der Waals surface area contributed by atoms with Gasteiger partial charge in [0.25, 0.3) is 11.3 Å². The fraction of sp³-hybridized carbons (Fsp3) is 0.100. The van der Waals surface area contributed by atoms with Crippen molar-refractivity contribution >= 4 is 29.1 Å². The summed E-state index contributed by atoms with van der Waals surface area (Å²) in [7, 11) is 0. The van der Waals surface area contributed by atoms with E-state index < -0.39 is 0 Å². The second-order valence-corrected chi connectivity index (χ2v) is 7.19. The van der Waals surface area contributed by atoms with Gasteiger partial charge in [0.05, 0.1) is 11.4 Å². The zero-order chi connectivity index (χ0) is 20.2. The fourth-order valence-corrected chi connectivity index (χ4v) is 3.42. The van der Waals surface area contributed by atoms with Crippen LogP contribution in [0.2, 0.25) is 0 Å². The quantitative estimate of drug-likeness (QED) is 0.511.